The molecule has 1 saturated heterocycles. The van der Waals surface area contributed by atoms with Gasteiger partial charge in [-0.2, -0.15) is 4.31 Å². The molecule has 1 aromatic heterocycles. The molecule has 0 atom stereocenters. The predicted molar refractivity (Wildman–Crippen MR) is 99.0 cm³/mol. The molecule has 0 aliphatic carbocycles. The third-order valence-electron chi connectivity index (χ3n) is 4.41. The molecular weight excluding hydrogens is 433 g/mol. The van der Waals surface area contributed by atoms with Crippen LogP contribution in [0, 0.1) is 0 Å². The van der Waals surface area contributed by atoms with Gasteiger partial charge in [-0.1, -0.05) is 6.07 Å². The Bertz CT molecular complexity index is 952. The number of benzene rings is 1. The Morgan fingerprint density at radius 2 is 1.79 bits per heavy atom. The zero-order chi connectivity index (χ0) is 21.3. The topological polar surface area (TPSA) is 95.9 Å². The average molecular weight is 450 g/mol. The SMILES string of the molecule is O=C(Nc1ccc(OC(F)(F)F)cc1)C1(O)CCN(S(=O)(=O)c2cccs2)CC1. The first kappa shape index (κ1) is 21.6. The summed E-state index contributed by atoms with van der Waals surface area (Å²) in [6.45, 7) is -0.0783. The van der Waals surface area contributed by atoms with Crippen molar-refractivity contribution in [3.63, 3.8) is 0 Å². The van der Waals surface area contributed by atoms with Gasteiger partial charge in [-0.25, -0.2) is 8.42 Å². The summed E-state index contributed by atoms with van der Waals surface area (Å²) in [5.74, 6) is -1.20. The van der Waals surface area contributed by atoms with Gasteiger partial charge in [-0.3, -0.25) is 4.79 Å². The van der Waals surface area contributed by atoms with Crippen molar-refractivity contribution in [3.8, 4) is 5.75 Å². The third-order valence-corrected chi connectivity index (χ3v) is 7.68. The summed E-state index contributed by atoms with van der Waals surface area (Å²) < 4.78 is 66.7. The number of halogens is 3. The van der Waals surface area contributed by atoms with E-state index in [-0.39, 0.29) is 35.8 Å². The van der Waals surface area contributed by atoms with Crippen molar-refractivity contribution in [2.75, 3.05) is 18.4 Å². The van der Waals surface area contributed by atoms with Gasteiger partial charge in [-0.05, 0) is 48.6 Å². The van der Waals surface area contributed by atoms with E-state index in [9.17, 15) is 31.5 Å². The summed E-state index contributed by atoms with van der Waals surface area (Å²) in [6, 6.07) is 7.58. The Hall–Kier alpha value is -2.15. The number of alkyl halides is 3. The van der Waals surface area contributed by atoms with Crippen molar-refractivity contribution < 1.29 is 36.2 Å². The number of hydrogen-bond donors (Lipinski definition) is 2. The molecule has 1 aliphatic rings. The molecule has 3 rings (SSSR count). The minimum Gasteiger partial charge on any atom is -0.406 e. The maximum Gasteiger partial charge on any atom is 0.573 e. The summed E-state index contributed by atoms with van der Waals surface area (Å²) >= 11 is 1.08. The van der Waals surface area contributed by atoms with Crippen LogP contribution >= 0.6 is 11.3 Å². The highest BCUT2D eigenvalue weighted by Gasteiger charge is 2.42. The van der Waals surface area contributed by atoms with Crippen LogP contribution in [-0.2, 0) is 14.8 Å². The van der Waals surface area contributed by atoms with Gasteiger partial charge in [0, 0.05) is 18.8 Å². The van der Waals surface area contributed by atoms with Crippen molar-refractivity contribution in [3.05, 3.63) is 41.8 Å². The van der Waals surface area contributed by atoms with Gasteiger partial charge in [0.25, 0.3) is 15.9 Å². The minimum absolute atomic E-state index is 0.0392. The predicted octanol–water partition coefficient (Wildman–Crippen LogP) is 2.80. The lowest BCUT2D eigenvalue weighted by Crippen LogP contribution is -2.52. The first-order valence-electron chi connectivity index (χ1n) is 8.43. The highest BCUT2D eigenvalue weighted by atomic mass is 32.2. The van der Waals surface area contributed by atoms with Crippen molar-refractivity contribution in [2.24, 2.45) is 0 Å². The fraction of sp³-hybridized carbons (Fsp3) is 0.353. The smallest absolute Gasteiger partial charge is 0.406 e. The number of thiophene rings is 1. The van der Waals surface area contributed by atoms with Crippen LogP contribution in [0.25, 0.3) is 0 Å². The normalized spacial score (nSPS) is 17.7. The van der Waals surface area contributed by atoms with Crippen LogP contribution in [0.2, 0.25) is 0 Å². The average Bonchev–Trinajstić information content (AvgIpc) is 3.18. The van der Waals surface area contributed by atoms with E-state index in [4.69, 9.17) is 0 Å². The van der Waals surface area contributed by atoms with E-state index in [0.717, 1.165) is 23.5 Å². The summed E-state index contributed by atoms with van der Waals surface area (Å²) in [7, 11) is -3.67. The lowest BCUT2D eigenvalue weighted by Gasteiger charge is -2.36. The number of piperidine rings is 1. The van der Waals surface area contributed by atoms with Crippen LogP contribution in [0.3, 0.4) is 0 Å². The van der Waals surface area contributed by atoms with E-state index in [0.29, 0.717) is 0 Å². The van der Waals surface area contributed by atoms with E-state index in [1.807, 2.05) is 0 Å². The number of carbonyl (C=O) groups is 1. The fourth-order valence-electron chi connectivity index (χ4n) is 2.85. The lowest BCUT2D eigenvalue weighted by molar-refractivity contribution is -0.274. The number of nitrogens with one attached hydrogen (secondary N) is 1. The number of rotatable bonds is 5. The molecule has 2 aromatic rings. The zero-order valence-corrected chi connectivity index (χ0v) is 16.5. The highest BCUT2D eigenvalue weighted by Crippen LogP contribution is 2.30. The molecular formula is C17H17F3N2O5S2. The fourth-order valence-corrected chi connectivity index (χ4v) is 5.43. The van der Waals surface area contributed by atoms with Gasteiger partial charge in [0.05, 0.1) is 0 Å². The van der Waals surface area contributed by atoms with Crippen LogP contribution in [0.15, 0.2) is 46.0 Å². The molecule has 12 heteroatoms. The van der Waals surface area contributed by atoms with Gasteiger partial charge in [-0.15, -0.1) is 24.5 Å². The molecule has 0 radical (unpaired) electrons. The third kappa shape index (κ3) is 5.07. The van der Waals surface area contributed by atoms with Gasteiger partial charge in [0.2, 0.25) is 0 Å². The molecule has 0 unspecified atom stereocenters. The van der Waals surface area contributed by atoms with E-state index in [2.05, 4.69) is 10.1 Å². The zero-order valence-electron chi connectivity index (χ0n) is 14.8. The second-order valence-corrected chi connectivity index (χ2v) is 9.51. The minimum atomic E-state index is -4.82. The number of carbonyl (C=O) groups excluding carboxylic acids is 1. The Kier molecular flexibility index (Phi) is 5.90. The van der Waals surface area contributed by atoms with Gasteiger partial charge in [0.1, 0.15) is 15.6 Å². The summed E-state index contributed by atoms with van der Waals surface area (Å²) in [5, 5.41) is 14.7. The summed E-state index contributed by atoms with van der Waals surface area (Å²) in [4.78, 5) is 12.4. The van der Waals surface area contributed by atoms with Gasteiger partial charge < -0.3 is 15.2 Å². The second kappa shape index (κ2) is 7.94. The quantitative estimate of drug-likeness (QED) is 0.731. The number of sulfonamides is 1. The molecule has 158 valence electrons. The van der Waals surface area contributed by atoms with Gasteiger partial charge >= 0.3 is 6.36 Å². The Morgan fingerprint density at radius 1 is 1.17 bits per heavy atom. The molecule has 1 fully saturated rings. The molecule has 29 heavy (non-hydrogen) atoms. The Morgan fingerprint density at radius 3 is 2.31 bits per heavy atom. The van der Waals surface area contributed by atoms with Gasteiger partial charge in [0.15, 0.2) is 0 Å². The molecule has 0 spiro atoms. The monoisotopic (exact) mass is 450 g/mol. The summed E-state index contributed by atoms with van der Waals surface area (Å²) in [5.41, 5.74) is -1.62. The molecule has 2 N–H and O–H groups in total. The van der Waals surface area contributed by atoms with Crippen molar-refractivity contribution >= 4 is 33.0 Å². The Balaban J connectivity index is 1.61. The van der Waals surface area contributed by atoms with E-state index in [1.165, 1.54) is 22.5 Å². The van der Waals surface area contributed by atoms with Crippen LogP contribution < -0.4 is 10.1 Å². The molecule has 7 nitrogen and oxygen atoms in total. The number of hydrogen-bond acceptors (Lipinski definition) is 6. The van der Waals surface area contributed by atoms with Crippen LogP contribution in [0.1, 0.15) is 12.8 Å². The second-order valence-electron chi connectivity index (χ2n) is 6.39. The van der Waals surface area contributed by atoms with E-state index >= 15 is 0 Å². The number of anilines is 1. The number of aliphatic hydroxyl groups is 1. The lowest BCUT2D eigenvalue weighted by atomic mass is 9.91. The first-order valence-corrected chi connectivity index (χ1v) is 10.7. The van der Waals surface area contributed by atoms with Crippen molar-refractivity contribution in [2.45, 2.75) is 29.0 Å². The standard InChI is InChI=1S/C17H17F3N2O5S2/c18-17(19,20)27-13-5-3-12(4-6-13)21-15(23)16(24)7-9-22(10-8-16)29(25,26)14-2-1-11-28-14/h1-6,11,24H,7-10H2,(H,21,23). The molecule has 0 bridgehead atoms. The van der Waals surface area contributed by atoms with Crippen LogP contribution in [0.4, 0.5) is 18.9 Å². The van der Waals surface area contributed by atoms with E-state index < -0.39 is 33.6 Å². The van der Waals surface area contributed by atoms with Crippen molar-refractivity contribution in [1.29, 1.82) is 0 Å². The first-order chi connectivity index (χ1) is 13.5. The molecule has 1 amide bonds. The summed E-state index contributed by atoms with van der Waals surface area (Å²) in [6.07, 6.45) is -5.05. The highest BCUT2D eigenvalue weighted by molar-refractivity contribution is 7.91. The van der Waals surface area contributed by atoms with Crippen LogP contribution in [-0.4, -0.2) is 48.8 Å². The molecule has 0 saturated carbocycles. The van der Waals surface area contributed by atoms with Crippen molar-refractivity contribution in [1.82, 2.24) is 4.31 Å². The molecule has 1 aliphatic heterocycles. The van der Waals surface area contributed by atoms with E-state index in [1.54, 1.807) is 11.4 Å². The maximum absolute atomic E-state index is 12.5. The number of amides is 1. The molecule has 2 heterocycles. The van der Waals surface area contributed by atoms with Crippen LogP contribution in [0.5, 0.6) is 5.75 Å². The Labute approximate surface area is 168 Å². The number of ether oxygens (including phenoxy) is 1. The largest absolute Gasteiger partial charge is 0.573 e. The molecule has 1 aromatic carbocycles. The number of nitrogens with zero attached hydrogens (tertiary/aromatic N) is 1. The maximum atomic E-state index is 12.5.